The Kier molecular flexibility index (Phi) is 7.48. The average molecular weight is 428 g/mol. The summed E-state index contributed by atoms with van der Waals surface area (Å²) in [6.07, 6.45) is 2.78. The van der Waals surface area contributed by atoms with Crippen molar-refractivity contribution in [1.82, 2.24) is 4.90 Å². The SMILES string of the molecule is COc1ccc(OC)c(/C=C/C(=O)OCC(=O)N2CCN(c3ccccc3F)CC2)c1. The van der Waals surface area contributed by atoms with Gasteiger partial charge in [-0.05, 0) is 36.4 Å². The zero-order valence-corrected chi connectivity index (χ0v) is 17.5. The fourth-order valence-corrected chi connectivity index (χ4v) is 3.30. The number of anilines is 1. The highest BCUT2D eigenvalue weighted by Crippen LogP contribution is 2.25. The van der Waals surface area contributed by atoms with Gasteiger partial charge in [-0.1, -0.05) is 12.1 Å². The highest BCUT2D eigenvalue weighted by molar-refractivity contribution is 5.89. The summed E-state index contributed by atoms with van der Waals surface area (Å²) in [6.45, 7) is 1.54. The Labute approximate surface area is 180 Å². The van der Waals surface area contributed by atoms with E-state index in [1.54, 1.807) is 54.5 Å². The second kappa shape index (κ2) is 10.5. The Bertz CT molecular complexity index is 955. The second-order valence-electron chi connectivity index (χ2n) is 6.87. The molecule has 1 aliphatic heterocycles. The van der Waals surface area contributed by atoms with Crippen LogP contribution in [-0.2, 0) is 14.3 Å². The molecule has 0 radical (unpaired) electrons. The van der Waals surface area contributed by atoms with Crippen molar-refractivity contribution in [2.24, 2.45) is 0 Å². The molecule has 1 heterocycles. The monoisotopic (exact) mass is 428 g/mol. The van der Waals surface area contributed by atoms with Gasteiger partial charge in [0.2, 0.25) is 0 Å². The van der Waals surface area contributed by atoms with Gasteiger partial charge in [0.25, 0.3) is 5.91 Å². The summed E-state index contributed by atoms with van der Waals surface area (Å²) < 4.78 is 29.4. The van der Waals surface area contributed by atoms with Gasteiger partial charge in [-0.25, -0.2) is 9.18 Å². The van der Waals surface area contributed by atoms with Gasteiger partial charge in [0.05, 0.1) is 19.9 Å². The smallest absolute Gasteiger partial charge is 0.331 e. The van der Waals surface area contributed by atoms with Gasteiger partial charge in [0.1, 0.15) is 17.3 Å². The van der Waals surface area contributed by atoms with Crippen LogP contribution in [-0.4, -0.2) is 63.8 Å². The van der Waals surface area contributed by atoms with Gasteiger partial charge in [0, 0.05) is 37.8 Å². The molecule has 0 atom stereocenters. The molecule has 0 saturated carbocycles. The van der Waals surface area contributed by atoms with Crippen molar-refractivity contribution in [3.8, 4) is 11.5 Å². The Morgan fingerprint density at radius 1 is 1.03 bits per heavy atom. The highest BCUT2D eigenvalue weighted by atomic mass is 19.1. The van der Waals surface area contributed by atoms with Crippen molar-refractivity contribution in [3.63, 3.8) is 0 Å². The van der Waals surface area contributed by atoms with Crippen molar-refractivity contribution >= 4 is 23.6 Å². The molecule has 0 aliphatic carbocycles. The normalized spacial score (nSPS) is 13.9. The van der Waals surface area contributed by atoms with Crippen molar-refractivity contribution < 1.29 is 28.2 Å². The number of para-hydroxylation sites is 1. The van der Waals surface area contributed by atoms with Crippen LogP contribution in [0.25, 0.3) is 6.08 Å². The number of ether oxygens (including phenoxy) is 3. The van der Waals surface area contributed by atoms with Crippen LogP contribution in [0, 0.1) is 5.82 Å². The number of amides is 1. The highest BCUT2D eigenvalue weighted by Gasteiger charge is 2.23. The Morgan fingerprint density at radius 2 is 1.77 bits per heavy atom. The molecule has 1 aliphatic rings. The summed E-state index contributed by atoms with van der Waals surface area (Å²) in [5.74, 6) is -0.0000538. The van der Waals surface area contributed by atoms with Crippen molar-refractivity contribution in [2.75, 3.05) is 51.9 Å². The minimum absolute atomic E-state index is 0.282. The van der Waals surface area contributed by atoms with Gasteiger partial charge >= 0.3 is 5.97 Å². The van der Waals surface area contributed by atoms with E-state index in [9.17, 15) is 14.0 Å². The first-order valence-corrected chi connectivity index (χ1v) is 9.86. The molecule has 0 unspecified atom stereocenters. The number of rotatable bonds is 7. The van der Waals surface area contributed by atoms with Crippen LogP contribution in [0.4, 0.5) is 10.1 Å². The fourth-order valence-electron chi connectivity index (χ4n) is 3.30. The molecule has 8 heteroatoms. The number of piperazine rings is 1. The summed E-state index contributed by atoms with van der Waals surface area (Å²) in [5, 5.41) is 0. The van der Waals surface area contributed by atoms with Crippen molar-refractivity contribution in [3.05, 3.63) is 59.9 Å². The van der Waals surface area contributed by atoms with Gasteiger partial charge in [0.15, 0.2) is 6.61 Å². The first kappa shape index (κ1) is 22.1. The van der Waals surface area contributed by atoms with Gasteiger partial charge in [-0.15, -0.1) is 0 Å². The van der Waals surface area contributed by atoms with Gasteiger partial charge < -0.3 is 24.0 Å². The lowest BCUT2D eigenvalue weighted by Crippen LogP contribution is -2.50. The topological polar surface area (TPSA) is 68.3 Å². The molecule has 2 aromatic rings. The lowest BCUT2D eigenvalue weighted by atomic mass is 10.1. The van der Waals surface area contributed by atoms with Crippen LogP contribution < -0.4 is 14.4 Å². The van der Waals surface area contributed by atoms with Crippen LogP contribution in [0.3, 0.4) is 0 Å². The number of nitrogens with zero attached hydrogens (tertiary/aromatic N) is 2. The standard InChI is InChI=1S/C23H25FN2O5/c1-29-18-8-9-21(30-2)17(15-18)7-10-23(28)31-16-22(27)26-13-11-25(12-14-26)20-6-4-3-5-19(20)24/h3-10,15H,11-14,16H2,1-2H3/b10-7+. The molecule has 1 fully saturated rings. The summed E-state index contributed by atoms with van der Waals surface area (Å²) >= 11 is 0. The number of esters is 1. The molecular weight excluding hydrogens is 403 g/mol. The van der Waals surface area contributed by atoms with E-state index in [0.717, 1.165) is 0 Å². The summed E-state index contributed by atoms with van der Waals surface area (Å²) in [7, 11) is 3.08. The minimum atomic E-state index is -0.636. The number of methoxy groups -OCH3 is 2. The maximum absolute atomic E-state index is 13.9. The number of hydrogen-bond acceptors (Lipinski definition) is 6. The minimum Gasteiger partial charge on any atom is -0.497 e. The van der Waals surface area contributed by atoms with Crippen molar-refractivity contribution in [2.45, 2.75) is 0 Å². The third-order valence-electron chi connectivity index (χ3n) is 5.00. The third kappa shape index (κ3) is 5.75. The number of benzene rings is 2. The number of halogens is 1. The molecule has 2 aromatic carbocycles. The molecule has 7 nitrogen and oxygen atoms in total. The number of carbonyl (C=O) groups excluding carboxylic acids is 2. The second-order valence-corrected chi connectivity index (χ2v) is 6.87. The molecule has 0 spiro atoms. The fraction of sp³-hybridized carbons (Fsp3) is 0.304. The maximum Gasteiger partial charge on any atom is 0.331 e. The van der Waals surface area contributed by atoms with E-state index in [1.165, 1.54) is 19.3 Å². The summed E-state index contributed by atoms with van der Waals surface area (Å²) in [5.41, 5.74) is 1.17. The van der Waals surface area contributed by atoms with Crippen LogP contribution in [0.2, 0.25) is 0 Å². The quantitative estimate of drug-likeness (QED) is 0.499. The molecule has 31 heavy (non-hydrogen) atoms. The molecule has 0 aromatic heterocycles. The number of hydrogen-bond donors (Lipinski definition) is 0. The molecule has 0 bridgehead atoms. The van der Waals surface area contributed by atoms with Crippen LogP contribution in [0.1, 0.15) is 5.56 Å². The average Bonchev–Trinajstić information content (AvgIpc) is 2.81. The van der Waals surface area contributed by atoms with E-state index >= 15 is 0 Å². The molecule has 0 N–H and O–H groups in total. The molecule has 1 amide bonds. The van der Waals surface area contributed by atoms with Gasteiger partial charge in [-0.3, -0.25) is 4.79 Å². The summed E-state index contributed by atoms with van der Waals surface area (Å²) in [6, 6.07) is 11.8. The van der Waals surface area contributed by atoms with Crippen LogP contribution >= 0.6 is 0 Å². The van der Waals surface area contributed by atoms with E-state index < -0.39 is 5.97 Å². The van der Waals surface area contributed by atoms with E-state index in [-0.39, 0.29) is 18.3 Å². The van der Waals surface area contributed by atoms with E-state index in [0.29, 0.717) is 48.9 Å². The number of carbonyl (C=O) groups is 2. The lowest BCUT2D eigenvalue weighted by Gasteiger charge is -2.36. The largest absolute Gasteiger partial charge is 0.497 e. The zero-order valence-electron chi connectivity index (χ0n) is 17.5. The van der Waals surface area contributed by atoms with Crippen molar-refractivity contribution in [1.29, 1.82) is 0 Å². The van der Waals surface area contributed by atoms with E-state index in [1.807, 2.05) is 4.90 Å². The van der Waals surface area contributed by atoms with Crippen LogP contribution in [0.5, 0.6) is 11.5 Å². The van der Waals surface area contributed by atoms with E-state index in [2.05, 4.69) is 0 Å². The maximum atomic E-state index is 13.9. The van der Waals surface area contributed by atoms with E-state index in [4.69, 9.17) is 14.2 Å². The molecule has 164 valence electrons. The molecule has 1 saturated heterocycles. The molecule has 3 rings (SSSR count). The zero-order chi connectivity index (χ0) is 22.2. The first-order chi connectivity index (χ1) is 15.0. The Hall–Kier alpha value is -3.55. The lowest BCUT2D eigenvalue weighted by molar-refractivity contribution is -0.148. The van der Waals surface area contributed by atoms with Gasteiger partial charge in [-0.2, -0.15) is 0 Å². The van der Waals surface area contributed by atoms with Crippen LogP contribution in [0.15, 0.2) is 48.5 Å². The Morgan fingerprint density at radius 3 is 2.45 bits per heavy atom. The predicted molar refractivity (Wildman–Crippen MR) is 115 cm³/mol. The summed E-state index contributed by atoms with van der Waals surface area (Å²) in [4.78, 5) is 27.9. The predicted octanol–water partition coefficient (Wildman–Crippen LogP) is 2.75. The first-order valence-electron chi connectivity index (χ1n) is 9.86. The third-order valence-corrected chi connectivity index (χ3v) is 5.00. The molecular formula is C23H25FN2O5. The Balaban J connectivity index is 1.48.